The second-order valence-corrected chi connectivity index (χ2v) is 7.36. The third kappa shape index (κ3) is 3.99. The number of nitrogens with one attached hydrogen (secondary N) is 3. The number of likely N-dealkylation sites (N-methyl/N-ethyl adjacent to an activating group) is 1. The first kappa shape index (κ1) is 18.1. The number of rotatable bonds is 6. The van der Waals surface area contributed by atoms with Crippen LogP contribution in [0.3, 0.4) is 0 Å². The molecule has 1 unspecified atom stereocenters. The van der Waals surface area contributed by atoms with Crippen LogP contribution in [-0.2, 0) is 10.0 Å². The van der Waals surface area contributed by atoms with E-state index in [1.165, 1.54) is 0 Å². The summed E-state index contributed by atoms with van der Waals surface area (Å²) in [6, 6.07) is 7.48. The minimum atomic E-state index is -4.05. The molecule has 24 heavy (non-hydrogen) atoms. The van der Waals surface area contributed by atoms with Crippen LogP contribution in [0.2, 0.25) is 0 Å². The fourth-order valence-corrected chi connectivity index (χ4v) is 3.44. The zero-order valence-electron chi connectivity index (χ0n) is 13.7. The first-order valence-corrected chi connectivity index (χ1v) is 8.74. The fourth-order valence-electron chi connectivity index (χ4n) is 2.39. The molecule has 0 spiro atoms. The van der Waals surface area contributed by atoms with Crippen LogP contribution in [0.5, 0.6) is 0 Å². The molecule has 0 saturated heterocycles. The van der Waals surface area contributed by atoms with Gasteiger partial charge in [-0.05, 0) is 32.1 Å². The molecule has 0 aliphatic heterocycles. The van der Waals surface area contributed by atoms with Crippen LogP contribution >= 0.6 is 0 Å². The summed E-state index contributed by atoms with van der Waals surface area (Å²) in [5.74, 6) is 0. The van der Waals surface area contributed by atoms with E-state index >= 15 is 0 Å². The number of sulfonamides is 1. The van der Waals surface area contributed by atoms with Crippen molar-refractivity contribution >= 4 is 10.0 Å². The SMILES string of the molecule is Cc1ccccc1C(CNS(=O)(=O)c1c[nH]c(=O)[nH]c1=O)N(C)C. The van der Waals surface area contributed by atoms with Crippen molar-refractivity contribution in [1.29, 1.82) is 0 Å². The molecule has 0 bridgehead atoms. The van der Waals surface area contributed by atoms with E-state index < -0.39 is 26.2 Å². The zero-order valence-corrected chi connectivity index (χ0v) is 14.5. The van der Waals surface area contributed by atoms with Gasteiger partial charge >= 0.3 is 5.69 Å². The van der Waals surface area contributed by atoms with Crippen LogP contribution in [0, 0.1) is 6.92 Å². The highest BCUT2D eigenvalue weighted by atomic mass is 32.2. The summed E-state index contributed by atoms with van der Waals surface area (Å²) >= 11 is 0. The van der Waals surface area contributed by atoms with Crippen molar-refractivity contribution in [3.05, 3.63) is 62.4 Å². The number of hydrogen-bond donors (Lipinski definition) is 3. The Bertz CT molecular complexity index is 931. The monoisotopic (exact) mass is 352 g/mol. The lowest BCUT2D eigenvalue weighted by Gasteiger charge is -2.26. The minimum absolute atomic E-state index is 0.0821. The van der Waals surface area contributed by atoms with E-state index in [0.29, 0.717) is 0 Å². The van der Waals surface area contributed by atoms with E-state index in [1.807, 2.05) is 55.2 Å². The fraction of sp³-hybridized carbons (Fsp3) is 0.333. The van der Waals surface area contributed by atoms with E-state index in [4.69, 9.17) is 0 Å². The van der Waals surface area contributed by atoms with Crippen LogP contribution in [-0.4, -0.2) is 43.9 Å². The number of aromatic amines is 2. The van der Waals surface area contributed by atoms with Gasteiger partial charge in [0, 0.05) is 18.8 Å². The van der Waals surface area contributed by atoms with Gasteiger partial charge < -0.3 is 9.88 Å². The summed E-state index contributed by atoms with van der Waals surface area (Å²) < 4.78 is 27.1. The second kappa shape index (κ2) is 7.12. The highest BCUT2D eigenvalue weighted by molar-refractivity contribution is 7.89. The van der Waals surface area contributed by atoms with Crippen molar-refractivity contribution in [3.63, 3.8) is 0 Å². The maximum absolute atomic E-state index is 12.3. The van der Waals surface area contributed by atoms with Crippen LogP contribution in [0.1, 0.15) is 17.2 Å². The van der Waals surface area contributed by atoms with Gasteiger partial charge in [-0.2, -0.15) is 0 Å². The normalized spacial score (nSPS) is 13.2. The summed E-state index contributed by atoms with van der Waals surface area (Å²) in [4.78, 5) is 28.1. The smallest absolute Gasteiger partial charge is 0.313 e. The Labute approximate surface area is 139 Å². The number of nitrogens with zero attached hydrogens (tertiary/aromatic N) is 1. The number of hydrogen-bond acceptors (Lipinski definition) is 5. The van der Waals surface area contributed by atoms with Crippen LogP contribution in [0.25, 0.3) is 0 Å². The molecular weight excluding hydrogens is 332 g/mol. The van der Waals surface area contributed by atoms with Crippen LogP contribution < -0.4 is 16.0 Å². The number of aryl methyl sites for hydroxylation is 1. The van der Waals surface area contributed by atoms with Crippen LogP contribution in [0.15, 0.2) is 44.9 Å². The number of benzene rings is 1. The third-order valence-corrected chi connectivity index (χ3v) is 5.14. The highest BCUT2D eigenvalue weighted by Crippen LogP contribution is 2.21. The molecule has 2 aromatic rings. The Kier molecular flexibility index (Phi) is 5.37. The largest absolute Gasteiger partial charge is 0.325 e. The lowest BCUT2D eigenvalue weighted by atomic mass is 10.0. The molecule has 2 rings (SSSR count). The lowest BCUT2D eigenvalue weighted by molar-refractivity contribution is 0.298. The Morgan fingerprint density at radius 1 is 1.21 bits per heavy atom. The lowest BCUT2D eigenvalue weighted by Crippen LogP contribution is -2.38. The van der Waals surface area contributed by atoms with E-state index in [2.05, 4.69) is 9.71 Å². The van der Waals surface area contributed by atoms with Crippen molar-refractivity contribution in [2.45, 2.75) is 17.9 Å². The van der Waals surface area contributed by atoms with E-state index in [9.17, 15) is 18.0 Å². The molecule has 1 aromatic heterocycles. The highest BCUT2D eigenvalue weighted by Gasteiger charge is 2.23. The maximum atomic E-state index is 12.3. The molecule has 1 heterocycles. The molecule has 0 aliphatic rings. The van der Waals surface area contributed by atoms with Gasteiger partial charge in [0.05, 0.1) is 0 Å². The molecule has 9 heteroatoms. The average molecular weight is 352 g/mol. The third-order valence-electron chi connectivity index (χ3n) is 3.71. The predicted molar refractivity (Wildman–Crippen MR) is 90.5 cm³/mol. The summed E-state index contributed by atoms with van der Waals surface area (Å²) in [5, 5.41) is 0. The molecule has 8 nitrogen and oxygen atoms in total. The second-order valence-electron chi connectivity index (χ2n) is 5.62. The first-order chi connectivity index (χ1) is 11.2. The molecule has 3 N–H and O–H groups in total. The van der Waals surface area contributed by atoms with Crippen molar-refractivity contribution < 1.29 is 8.42 Å². The predicted octanol–water partition coefficient (Wildman–Crippen LogP) is -0.0472. The van der Waals surface area contributed by atoms with Gasteiger partial charge in [0.2, 0.25) is 10.0 Å². The van der Waals surface area contributed by atoms with Gasteiger partial charge in [0.1, 0.15) is 0 Å². The quantitative estimate of drug-likeness (QED) is 0.674. The Hall–Kier alpha value is -2.23. The van der Waals surface area contributed by atoms with Crippen molar-refractivity contribution in [3.8, 4) is 0 Å². The van der Waals surface area contributed by atoms with Gasteiger partial charge in [0.25, 0.3) is 5.56 Å². The minimum Gasteiger partial charge on any atom is -0.313 e. The topological polar surface area (TPSA) is 115 Å². The van der Waals surface area contributed by atoms with Crippen molar-refractivity contribution in [2.24, 2.45) is 0 Å². The Morgan fingerprint density at radius 2 is 1.88 bits per heavy atom. The van der Waals surface area contributed by atoms with Gasteiger partial charge in [-0.25, -0.2) is 17.9 Å². The number of aromatic nitrogens is 2. The molecule has 0 amide bonds. The Morgan fingerprint density at radius 3 is 2.46 bits per heavy atom. The molecule has 0 radical (unpaired) electrons. The van der Waals surface area contributed by atoms with Gasteiger partial charge in [-0.1, -0.05) is 24.3 Å². The molecule has 0 saturated carbocycles. The maximum Gasteiger partial charge on any atom is 0.325 e. The summed E-state index contributed by atoms with van der Waals surface area (Å²) in [5.41, 5.74) is 0.312. The molecule has 0 fully saturated rings. The van der Waals surface area contributed by atoms with E-state index in [0.717, 1.165) is 17.3 Å². The standard InChI is InChI=1S/C15H20N4O4S/c1-10-6-4-5-7-11(10)12(19(2)3)8-17-24(22,23)13-9-16-15(21)18-14(13)20/h4-7,9,12,17H,8H2,1-3H3,(H2,16,18,20,21). The van der Waals surface area contributed by atoms with E-state index in [-0.39, 0.29) is 12.6 Å². The Balaban J connectivity index is 2.28. The molecular formula is C15H20N4O4S. The average Bonchev–Trinajstić information content (AvgIpc) is 2.48. The van der Waals surface area contributed by atoms with Gasteiger partial charge in [0.15, 0.2) is 4.90 Å². The van der Waals surface area contributed by atoms with E-state index in [1.54, 1.807) is 0 Å². The zero-order chi connectivity index (χ0) is 17.9. The summed E-state index contributed by atoms with van der Waals surface area (Å²) in [7, 11) is -0.357. The van der Waals surface area contributed by atoms with Crippen LogP contribution in [0.4, 0.5) is 0 Å². The van der Waals surface area contributed by atoms with Gasteiger partial charge in [-0.15, -0.1) is 0 Å². The first-order valence-electron chi connectivity index (χ1n) is 7.26. The summed E-state index contributed by atoms with van der Waals surface area (Å²) in [6.45, 7) is 2.03. The van der Waals surface area contributed by atoms with Crippen molar-refractivity contribution in [1.82, 2.24) is 19.6 Å². The molecule has 0 aliphatic carbocycles. The van der Waals surface area contributed by atoms with Crippen molar-refractivity contribution in [2.75, 3.05) is 20.6 Å². The van der Waals surface area contributed by atoms with Gasteiger partial charge in [-0.3, -0.25) is 9.78 Å². The molecule has 130 valence electrons. The summed E-state index contributed by atoms with van der Waals surface area (Å²) in [6.07, 6.45) is 0.891. The number of H-pyrrole nitrogens is 2. The molecule has 1 atom stereocenters. The molecule has 1 aromatic carbocycles.